The maximum absolute atomic E-state index is 12.2. The molecule has 8 nitrogen and oxygen atoms in total. The largest absolute Gasteiger partial charge is 0.368 e. The molecule has 1 aromatic rings. The van der Waals surface area contributed by atoms with Gasteiger partial charge in [-0.05, 0) is 13.1 Å². The molecule has 2 aliphatic rings. The Morgan fingerprint density at radius 2 is 2.14 bits per heavy atom. The van der Waals surface area contributed by atoms with Crippen LogP contribution < -0.4 is 0 Å². The number of likely N-dealkylation sites (N-methyl/N-ethyl adjacent to an activating group) is 2. The number of nitrogens with one attached hydrogen (secondary N) is 1. The standard InChI is InChI=1S/C14H21N5O3/c1-17(2)13(21)11-6-22-14(7-18(11)3)8-19(9-14)12(20)10-4-5-15-16-10/h4-5,11H,6-9H2,1-3H3,(H,15,16). The molecular formula is C14H21N5O3. The average Bonchev–Trinajstić information content (AvgIpc) is 2.97. The molecule has 1 spiro atoms. The number of hydrogen-bond acceptors (Lipinski definition) is 5. The van der Waals surface area contributed by atoms with Gasteiger partial charge < -0.3 is 14.5 Å². The molecule has 120 valence electrons. The predicted octanol–water partition coefficient (Wildman–Crippen LogP) is -0.977. The van der Waals surface area contributed by atoms with Crippen LogP contribution in [0.5, 0.6) is 0 Å². The topological polar surface area (TPSA) is 81.8 Å². The van der Waals surface area contributed by atoms with Gasteiger partial charge in [0.15, 0.2) is 0 Å². The summed E-state index contributed by atoms with van der Waals surface area (Å²) in [5, 5.41) is 6.47. The summed E-state index contributed by atoms with van der Waals surface area (Å²) in [5.41, 5.74) is 0.132. The average molecular weight is 307 g/mol. The molecule has 0 aliphatic carbocycles. The van der Waals surface area contributed by atoms with Gasteiger partial charge in [0.2, 0.25) is 5.91 Å². The molecule has 0 bridgehead atoms. The third-order valence-electron chi connectivity index (χ3n) is 4.32. The molecule has 0 saturated carbocycles. The lowest BCUT2D eigenvalue weighted by Gasteiger charge is -2.54. The fourth-order valence-electron chi connectivity index (χ4n) is 3.08. The van der Waals surface area contributed by atoms with Crippen molar-refractivity contribution in [3.63, 3.8) is 0 Å². The van der Waals surface area contributed by atoms with Crippen LogP contribution >= 0.6 is 0 Å². The van der Waals surface area contributed by atoms with Crippen LogP contribution in [0, 0.1) is 0 Å². The van der Waals surface area contributed by atoms with Gasteiger partial charge >= 0.3 is 0 Å². The van der Waals surface area contributed by atoms with Crippen LogP contribution in [0.25, 0.3) is 0 Å². The van der Waals surface area contributed by atoms with Crippen molar-refractivity contribution in [3.8, 4) is 0 Å². The van der Waals surface area contributed by atoms with E-state index in [4.69, 9.17) is 4.74 Å². The van der Waals surface area contributed by atoms with Crippen molar-refractivity contribution in [3.05, 3.63) is 18.0 Å². The second-order valence-electron chi connectivity index (χ2n) is 6.29. The molecule has 3 rings (SSSR count). The Kier molecular flexibility index (Phi) is 3.65. The smallest absolute Gasteiger partial charge is 0.272 e. The van der Waals surface area contributed by atoms with Crippen LogP contribution in [-0.4, -0.2) is 95.7 Å². The van der Waals surface area contributed by atoms with Crippen LogP contribution in [0.1, 0.15) is 10.5 Å². The van der Waals surface area contributed by atoms with E-state index in [1.165, 1.54) is 0 Å². The molecule has 8 heteroatoms. The summed E-state index contributed by atoms with van der Waals surface area (Å²) in [4.78, 5) is 29.6. The fourth-order valence-corrected chi connectivity index (χ4v) is 3.08. The zero-order chi connectivity index (χ0) is 15.9. The minimum atomic E-state index is -0.354. The highest BCUT2D eigenvalue weighted by Crippen LogP contribution is 2.31. The van der Waals surface area contributed by atoms with Crippen LogP contribution in [0.2, 0.25) is 0 Å². The summed E-state index contributed by atoms with van der Waals surface area (Å²) in [6, 6.07) is 1.41. The van der Waals surface area contributed by atoms with E-state index in [0.717, 1.165) is 0 Å². The molecule has 22 heavy (non-hydrogen) atoms. The number of carbonyl (C=O) groups excluding carboxylic acids is 2. The molecule has 2 amide bonds. The Morgan fingerprint density at radius 3 is 2.68 bits per heavy atom. The monoisotopic (exact) mass is 307 g/mol. The number of morpholine rings is 1. The van der Waals surface area contributed by atoms with Gasteiger partial charge in [0.1, 0.15) is 17.3 Å². The first-order valence-corrected chi connectivity index (χ1v) is 7.26. The van der Waals surface area contributed by atoms with E-state index in [-0.39, 0.29) is 23.5 Å². The zero-order valence-electron chi connectivity index (χ0n) is 13.1. The number of aromatic amines is 1. The van der Waals surface area contributed by atoms with E-state index in [0.29, 0.717) is 31.9 Å². The first-order chi connectivity index (χ1) is 10.4. The van der Waals surface area contributed by atoms with Crippen molar-refractivity contribution in [2.45, 2.75) is 11.6 Å². The minimum Gasteiger partial charge on any atom is -0.368 e. The highest BCUT2D eigenvalue weighted by molar-refractivity contribution is 5.93. The molecule has 1 aromatic heterocycles. The molecule has 1 N–H and O–H groups in total. The lowest BCUT2D eigenvalue weighted by atomic mass is 9.90. The molecular weight excluding hydrogens is 286 g/mol. The Labute approximate surface area is 129 Å². The van der Waals surface area contributed by atoms with Gasteiger partial charge in [-0.15, -0.1) is 0 Å². The van der Waals surface area contributed by atoms with E-state index < -0.39 is 0 Å². The van der Waals surface area contributed by atoms with Crippen molar-refractivity contribution in [2.75, 3.05) is 47.4 Å². The first kappa shape index (κ1) is 15.0. The Hall–Kier alpha value is -1.93. The number of rotatable bonds is 2. The van der Waals surface area contributed by atoms with Gasteiger partial charge in [-0.1, -0.05) is 0 Å². The molecule has 2 fully saturated rings. The zero-order valence-corrected chi connectivity index (χ0v) is 13.1. The summed E-state index contributed by atoms with van der Waals surface area (Å²) in [6.45, 7) is 2.08. The number of likely N-dealkylation sites (tertiary alicyclic amines) is 1. The highest BCUT2D eigenvalue weighted by atomic mass is 16.5. The Morgan fingerprint density at radius 1 is 1.41 bits per heavy atom. The van der Waals surface area contributed by atoms with E-state index in [2.05, 4.69) is 10.2 Å². The van der Waals surface area contributed by atoms with E-state index >= 15 is 0 Å². The second-order valence-corrected chi connectivity index (χ2v) is 6.29. The number of aromatic nitrogens is 2. The first-order valence-electron chi connectivity index (χ1n) is 7.26. The van der Waals surface area contributed by atoms with Gasteiger partial charge in [-0.2, -0.15) is 5.10 Å². The molecule has 0 aromatic carbocycles. The summed E-state index contributed by atoms with van der Waals surface area (Å²) >= 11 is 0. The van der Waals surface area contributed by atoms with Crippen molar-refractivity contribution in [2.24, 2.45) is 0 Å². The van der Waals surface area contributed by atoms with Crippen LogP contribution in [0.15, 0.2) is 12.3 Å². The van der Waals surface area contributed by atoms with Crippen LogP contribution in [-0.2, 0) is 9.53 Å². The molecule has 2 saturated heterocycles. The van der Waals surface area contributed by atoms with Crippen molar-refractivity contribution in [1.82, 2.24) is 24.9 Å². The summed E-state index contributed by atoms with van der Waals surface area (Å²) in [6.07, 6.45) is 1.56. The van der Waals surface area contributed by atoms with Gasteiger partial charge in [0.05, 0.1) is 19.7 Å². The quantitative estimate of drug-likeness (QED) is 0.760. The summed E-state index contributed by atoms with van der Waals surface area (Å²) < 4.78 is 5.94. The Balaban J connectivity index is 1.58. The predicted molar refractivity (Wildman–Crippen MR) is 78.3 cm³/mol. The van der Waals surface area contributed by atoms with Gasteiger partial charge in [0.25, 0.3) is 5.91 Å². The van der Waals surface area contributed by atoms with E-state index in [1.54, 1.807) is 36.2 Å². The highest BCUT2D eigenvalue weighted by Gasteiger charge is 2.51. The number of amides is 2. The summed E-state index contributed by atoms with van der Waals surface area (Å²) in [5.74, 6) is -0.0251. The third-order valence-corrected chi connectivity index (χ3v) is 4.32. The number of ether oxygens (including phenoxy) is 1. The maximum Gasteiger partial charge on any atom is 0.272 e. The number of nitrogens with zero attached hydrogens (tertiary/aromatic N) is 4. The van der Waals surface area contributed by atoms with E-state index in [1.807, 2.05) is 11.9 Å². The van der Waals surface area contributed by atoms with Crippen molar-refractivity contribution < 1.29 is 14.3 Å². The fraction of sp³-hybridized carbons (Fsp3) is 0.643. The normalized spacial score (nSPS) is 24.1. The lowest BCUT2D eigenvalue weighted by molar-refractivity contribution is -0.190. The number of H-pyrrole nitrogens is 1. The molecule has 1 atom stereocenters. The Bertz CT molecular complexity index is 565. The molecule has 1 unspecified atom stereocenters. The molecule has 2 aliphatic heterocycles. The van der Waals surface area contributed by atoms with Crippen LogP contribution in [0.4, 0.5) is 0 Å². The second kappa shape index (κ2) is 5.36. The van der Waals surface area contributed by atoms with Crippen LogP contribution in [0.3, 0.4) is 0 Å². The minimum absolute atomic E-state index is 0.0436. The van der Waals surface area contributed by atoms with Crippen molar-refractivity contribution >= 4 is 11.8 Å². The molecule has 0 radical (unpaired) electrons. The SMILES string of the molecule is CN(C)C(=O)C1COC2(CN(C(=O)c3ccn[nH]3)C2)CN1C. The maximum atomic E-state index is 12.2. The molecule has 3 heterocycles. The summed E-state index contributed by atoms with van der Waals surface area (Å²) in [7, 11) is 5.42. The lowest BCUT2D eigenvalue weighted by Crippen LogP contribution is -2.73. The van der Waals surface area contributed by atoms with Gasteiger partial charge in [0, 0.05) is 26.8 Å². The van der Waals surface area contributed by atoms with Crippen molar-refractivity contribution in [1.29, 1.82) is 0 Å². The number of carbonyl (C=O) groups is 2. The number of hydrogen-bond donors (Lipinski definition) is 1. The third kappa shape index (κ3) is 2.48. The van der Waals surface area contributed by atoms with Gasteiger partial charge in [-0.25, -0.2) is 0 Å². The van der Waals surface area contributed by atoms with E-state index in [9.17, 15) is 9.59 Å². The van der Waals surface area contributed by atoms with Gasteiger partial charge in [-0.3, -0.25) is 19.6 Å².